The quantitative estimate of drug-likeness (QED) is 0.826. The van der Waals surface area contributed by atoms with E-state index < -0.39 is 0 Å². The molecule has 0 bridgehead atoms. The largest absolute Gasteiger partial charge is 0.337 e. The molecule has 110 valence electrons. The lowest BCUT2D eigenvalue weighted by atomic mass is 9.59. The van der Waals surface area contributed by atoms with E-state index in [2.05, 4.69) is 40.9 Å². The molecule has 0 aliphatic heterocycles. The van der Waals surface area contributed by atoms with Crippen molar-refractivity contribution in [2.75, 3.05) is 0 Å². The molecule has 0 fully saturated rings. The number of hydrogen-bond donors (Lipinski definition) is 0. The van der Waals surface area contributed by atoms with Gasteiger partial charge in [-0.1, -0.05) is 25.1 Å². The Kier molecular flexibility index (Phi) is 3.13. The molecule has 0 saturated carbocycles. The summed E-state index contributed by atoms with van der Waals surface area (Å²) >= 11 is 0. The summed E-state index contributed by atoms with van der Waals surface area (Å²) < 4.78 is 2.26. The second-order valence-electron chi connectivity index (χ2n) is 6.97. The number of benzene rings is 1. The molecule has 0 radical (unpaired) electrons. The highest BCUT2D eigenvalue weighted by Crippen LogP contribution is 2.50. The second-order valence-corrected chi connectivity index (χ2v) is 6.97. The summed E-state index contributed by atoms with van der Waals surface area (Å²) in [7, 11) is 0. The van der Waals surface area contributed by atoms with Gasteiger partial charge in [0.2, 0.25) is 0 Å². The van der Waals surface area contributed by atoms with E-state index in [0.29, 0.717) is 5.41 Å². The first-order chi connectivity index (χ1) is 10.3. The lowest BCUT2D eigenvalue weighted by Crippen LogP contribution is -2.39. The van der Waals surface area contributed by atoms with Crippen LogP contribution in [0.5, 0.6) is 0 Å². The van der Waals surface area contributed by atoms with Gasteiger partial charge in [0.1, 0.15) is 0 Å². The van der Waals surface area contributed by atoms with Crippen LogP contribution >= 0.6 is 0 Å². The number of aryl methyl sites for hydroxylation is 1. The zero-order valence-corrected chi connectivity index (χ0v) is 12.9. The van der Waals surface area contributed by atoms with Gasteiger partial charge in [-0.05, 0) is 66.5 Å². The number of hydrogen-bond acceptors (Lipinski definition) is 1. The maximum Gasteiger partial charge on any atom is 0.0945 e. The Morgan fingerprint density at radius 1 is 1.33 bits per heavy atom. The Bertz CT molecular complexity index is 629. The van der Waals surface area contributed by atoms with Crippen LogP contribution < -0.4 is 0 Å². The van der Waals surface area contributed by atoms with Gasteiger partial charge in [0.25, 0.3) is 0 Å². The SMILES string of the molecule is CCC12CCCc3cccc(c31)CC(Cn1ccnc1)C2. The van der Waals surface area contributed by atoms with Crippen molar-refractivity contribution in [2.45, 2.75) is 57.4 Å². The third-order valence-corrected chi connectivity index (χ3v) is 5.76. The van der Waals surface area contributed by atoms with Crippen LogP contribution in [0.2, 0.25) is 0 Å². The van der Waals surface area contributed by atoms with Gasteiger partial charge in [0.15, 0.2) is 0 Å². The molecule has 4 rings (SSSR count). The van der Waals surface area contributed by atoms with Crippen LogP contribution in [0.4, 0.5) is 0 Å². The summed E-state index contributed by atoms with van der Waals surface area (Å²) in [5, 5.41) is 0. The molecule has 21 heavy (non-hydrogen) atoms. The van der Waals surface area contributed by atoms with Crippen molar-refractivity contribution in [2.24, 2.45) is 5.92 Å². The van der Waals surface area contributed by atoms with E-state index in [1.165, 1.54) is 38.5 Å². The highest BCUT2D eigenvalue weighted by atomic mass is 15.0. The Hall–Kier alpha value is -1.57. The summed E-state index contributed by atoms with van der Waals surface area (Å²) in [4.78, 5) is 4.20. The van der Waals surface area contributed by atoms with Crippen LogP contribution in [-0.4, -0.2) is 9.55 Å². The zero-order valence-electron chi connectivity index (χ0n) is 12.9. The van der Waals surface area contributed by atoms with E-state index in [9.17, 15) is 0 Å². The molecule has 2 aromatic rings. The van der Waals surface area contributed by atoms with E-state index in [1.807, 2.05) is 12.5 Å². The molecule has 1 heterocycles. The number of rotatable bonds is 3. The van der Waals surface area contributed by atoms with Crippen molar-refractivity contribution < 1.29 is 0 Å². The topological polar surface area (TPSA) is 17.8 Å². The molecular weight excluding hydrogens is 256 g/mol. The highest BCUT2D eigenvalue weighted by Gasteiger charge is 2.41. The Morgan fingerprint density at radius 3 is 3.05 bits per heavy atom. The van der Waals surface area contributed by atoms with Crippen LogP contribution in [0.1, 0.15) is 49.3 Å². The maximum atomic E-state index is 4.20. The van der Waals surface area contributed by atoms with Gasteiger partial charge in [-0.2, -0.15) is 0 Å². The minimum Gasteiger partial charge on any atom is -0.337 e. The Balaban J connectivity index is 1.72. The van der Waals surface area contributed by atoms with Crippen LogP contribution in [0, 0.1) is 5.92 Å². The minimum atomic E-state index is 0.452. The van der Waals surface area contributed by atoms with Gasteiger partial charge in [-0.3, -0.25) is 0 Å². The molecule has 2 atom stereocenters. The third-order valence-electron chi connectivity index (χ3n) is 5.76. The number of nitrogens with zero attached hydrogens (tertiary/aromatic N) is 2. The Labute approximate surface area is 127 Å². The first-order valence-electron chi connectivity index (χ1n) is 8.38. The van der Waals surface area contributed by atoms with Crippen LogP contribution in [0.25, 0.3) is 0 Å². The molecule has 0 amide bonds. The summed E-state index contributed by atoms with van der Waals surface area (Å²) in [6.07, 6.45) is 13.9. The third kappa shape index (κ3) is 2.12. The van der Waals surface area contributed by atoms with E-state index in [-0.39, 0.29) is 0 Å². The summed E-state index contributed by atoms with van der Waals surface area (Å²) in [5.41, 5.74) is 5.46. The molecule has 2 nitrogen and oxygen atoms in total. The molecule has 0 N–H and O–H groups in total. The fourth-order valence-corrected chi connectivity index (χ4v) is 4.91. The van der Waals surface area contributed by atoms with Gasteiger partial charge in [-0.25, -0.2) is 4.98 Å². The molecule has 2 aliphatic carbocycles. The van der Waals surface area contributed by atoms with E-state index in [4.69, 9.17) is 0 Å². The molecule has 2 aliphatic rings. The van der Waals surface area contributed by atoms with Crippen LogP contribution in [-0.2, 0) is 24.8 Å². The molecule has 1 aromatic heterocycles. The van der Waals surface area contributed by atoms with Crippen LogP contribution in [0.3, 0.4) is 0 Å². The van der Waals surface area contributed by atoms with Crippen molar-refractivity contribution in [1.29, 1.82) is 0 Å². The van der Waals surface area contributed by atoms with Crippen molar-refractivity contribution >= 4 is 0 Å². The first kappa shape index (κ1) is 13.1. The molecular formula is C19H24N2. The average Bonchev–Trinajstić information content (AvgIpc) is 3.00. The van der Waals surface area contributed by atoms with Gasteiger partial charge in [-0.15, -0.1) is 0 Å². The predicted octanol–water partition coefficient (Wildman–Crippen LogP) is 4.13. The van der Waals surface area contributed by atoms with Gasteiger partial charge in [0.05, 0.1) is 6.33 Å². The fourth-order valence-electron chi connectivity index (χ4n) is 4.91. The highest BCUT2D eigenvalue weighted by molar-refractivity contribution is 5.45. The monoisotopic (exact) mass is 280 g/mol. The number of aromatic nitrogens is 2. The zero-order chi connectivity index (χ0) is 14.3. The van der Waals surface area contributed by atoms with Crippen molar-refractivity contribution in [3.8, 4) is 0 Å². The normalized spacial score (nSPS) is 27.4. The molecule has 2 unspecified atom stereocenters. The molecule has 1 aromatic carbocycles. The molecule has 2 heteroatoms. The fraction of sp³-hybridized carbons (Fsp3) is 0.526. The molecule has 0 saturated heterocycles. The lowest BCUT2D eigenvalue weighted by Gasteiger charge is -2.46. The van der Waals surface area contributed by atoms with Gasteiger partial charge in [0, 0.05) is 18.9 Å². The van der Waals surface area contributed by atoms with Gasteiger partial charge >= 0.3 is 0 Å². The summed E-state index contributed by atoms with van der Waals surface area (Å²) in [6, 6.07) is 7.03. The maximum absolute atomic E-state index is 4.20. The average molecular weight is 280 g/mol. The van der Waals surface area contributed by atoms with E-state index in [0.717, 1.165) is 12.5 Å². The van der Waals surface area contributed by atoms with Crippen molar-refractivity contribution in [1.82, 2.24) is 9.55 Å². The first-order valence-corrected chi connectivity index (χ1v) is 8.38. The lowest BCUT2D eigenvalue weighted by molar-refractivity contribution is 0.226. The Morgan fingerprint density at radius 2 is 2.24 bits per heavy atom. The number of imidazole rings is 1. The second kappa shape index (κ2) is 5.01. The minimum absolute atomic E-state index is 0.452. The smallest absolute Gasteiger partial charge is 0.0945 e. The standard InChI is InChI=1S/C19H24N2/c1-2-19-8-4-7-16-5-3-6-17(18(16)19)11-15(12-19)13-21-10-9-20-14-21/h3,5-6,9-10,14-15H,2,4,7-8,11-13H2,1H3. The van der Waals surface area contributed by atoms with E-state index >= 15 is 0 Å². The van der Waals surface area contributed by atoms with Gasteiger partial charge < -0.3 is 4.57 Å². The molecule has 0 spiro atoms. The van der Waals surface area contributed by atoms with E-state index in [1.54, 1.807) is 16.7 Å². The van der Waals surface area contributed by atoms with Crippen molar-refractivity contribution in [3.63, 3.8) is 0 Å². The summed E-state index contributed by atoms with van der Waals surface area (Å²) in [6.45, 7) is 3.51. The van der Waals surface area contributed by atoms with Crippen LogP contribution in [0.15, 0.2) is 36.9 Å². The summed E-state index contributed by atoms with van der Waals surface area (Å²) in [5.74, 6) is 0.750. The van der Waals surface area contributed by atoms with Crippen molar-refractivity contribution in [3.05, 3.63) is 53.6 Å². The predicted molar refractivity (Wildman–Crippen MR) is 85.4 cm³/mol.